The lowest BCUT2D eigenvalue weighted by atomic mass is 9.95. The van der Waals surface area contributed by atoms with Crippen molar-refractivity contribution in [3.05, 3.63) is 53.2 Å². The summed E-state index contributed by atoms with van der Waals surface area (Å²) >= 11 is 0. The first kappa shape index (κ1) is 23.2. The van der Waals surface area contributed by atoms with Crippen LogP contribution in [0.5, 0.6) is 0 Å². The molecule has 1 amide bonds. The van der Waals surface area contributed by atoms with Gasteiger partial charge in [0.15, 0.2) is 0 Å². The number of hydrogen-bond donors (Lipinski definition) is 1. The van der Waals surface area contributed by atoms with Crippen molar-refractivity contribution in [1.29, 1.82) is 0 Å². The van der Waals surface area contributed by atoms with Crippen LogP contribution < -0.4 is 5.32 Å². The third kappa shape index (κ3) is 5.24. The quantitative estimate of drug-likeness (QED) is 0.704. The number of nitrogens with one attached hydrogen (secondary N) is 1. The van der Waals surface area contributed by atoms with Crippen LogP contribution in [0.25, 0.3) is 17.3 Å². The molecule has 2 aromatic rings. The van der Waals surface area contributed by atoms with Crippen molar-refractivity contribution < 1.29 is 9.53 Å². The third-order valence-electron chi connectivity index (χ3n) is 7.43. The topological polar surface area (TPSA) is 57.7 Å². The molecule has 0 saturated carbocycles. The highest BCUT2D eigenvalue weighted by molar-refractivity contribution is 5.93. The van der Waals surface area contributed by atoms with E-state index in [2.05, 4.69) is 53.2 Å². The monoisotopic (exact) mass is 460 g/mol. The maximum absolute atomic E-state index is 12.8. The van der Waals surface area contributed by atoms with Crippen molar-refractivity contribution in [2.24, 2.45) is 5.92 Å². The van der Waals surface area contributed by atoms with Gasteiger partial charge in [0.25, 0.3) is 0 Å². The van der Waals surface area contributed by atoms with E-state index in [9.17, 15) is 4.79 Å². The Labute approximate surface area is 203 Å². The molecule has 0 bridgehead atoms. The molecule has 0 spiro atoms. The summed E-state index contributed by atoms with van der Waals surface area (Å²) in [7, 11) is 0. The van der Waals surface area contributed by atoms with Crippen LogP contribution >= 0.6 is 0 Å². The molecule has 2 fully saturated rings. The number of fused-ring (bicyclic) bond motifs is 1. The number of morpholine rings is 1. The molecule has 1 N–H and O–H groups in total. The molecule has 3 heterocycles. The molecule has 2 saturated heterocycles. The fourth-order valence-corrected chi connectivity index (χ4v) is 5.34. The van der Waals surface area contributed by atoms with Crippen molar-refractivity contribution in [1.82, 2.24) is 14.8 Å². The number of piperidine rings is 1. The van der Waals surface area contributed by atoms with E-state index in [0.717, 1.165) is 82.1 Å². The van der Waals surface area contributed by atoms with E-state index in [1.807, 2.05) is 18.3 Å². The summed E-state index contributed by atoms with van der Waals surface area (Å²) < 4.78 is 5.48. The number of nitrogens with zero attached hydrogens (tertiary/aromatic N) is 3. The Morgan fingerprint density at radius 3 is 2.53 bits per heavy atom. The maximum atomic E-state index is 12.8. The summed E-state index contributed by atoms with van der Waals surface area (Å²) in [5.41, 5.74) is 6.99. The molecular formula is C28H36N4O2. The fraction of sp³-hybridized carbons (Fsp3) is 0.500. The van der Waals surface area contributed by atoms with Crippen LogP contribution in [0.3, 0.4) is 0 Å². The van der Waals surface area contributed by atoms with E-state index < -0.39 is 0 Å². The molecule has 0 radical (unpaired) electrons. The lowest BCUT2D eigenvalue weighted by Gasteiger charge is -2.33. The van der Waals surface area contributed by atoms with E-state index >= 15 is 0 Å². The molecule has 2 aliphatic heterocycles. The standard InChI is InChI=1S/C28H36N4O2/c1-20(2)32-11-8-23(9-12-32)28(33)30-25-5-3-22(4-6-25)27-26-18-21(17-24(26)7-10-29-27)19-31-13-15-34-16-14-31/h3-7,10,18,20,23H,8-9,11-17,19H2,1-2H3,(H,30,33). The number of amides is 1. The zero-order chi connectivity index (χ0) is 23.5. The molecule has 0 unspecified atom stereocenters. The molecule has 1 aliphatic carbocycles. The van der Waals surface area contributed by atoms with Gasteiger partial charge in [-0.15, -0.1) is 0 Å². The predicted molar refractivity (Wildman–Crippen MR) is 137 cm³/mol. The molecule has 34 heavy (non-hydrogen) atoms. The Bertz CT molecular complexity index is 1030. The van der Waals surface area contributed by atoms with Gasteiger partial charge >= 0.3 is 0 Å². The smallest absolute Gasteiger partial charge is 0.227 e. The van der Waals surface area contributed by atoms with Crippen LogP contribution in [-0.4, -0.2) is 72.7 Å². The van der Waals surface area contributed by atoms with Gasteiger partial charge in [-0.2, -0.15) is 0 Å². The number of carbonyl (C=O) groups is 1. The number of ether oxygens (including phenoxy) is 1. The van der Waals surface area contributed by atoms with E-state index in [1.165, 1.54) is 16.7 Å². The summed E-state index contributed by atoms with van der Waals surface area (Å²) in [5, 5.41) is 3.13. The SMILES string of the molecule is CC(C)N1CCC(C(=O)Nc2ccc(-c3nccc4c3C=C(CN3CCOCC3)C4)cc2)CC1. The highest BCUT2D eigenvalue weighted by Gasteiger charge is 2.26. The average molecular weight is 461 g/mol. The number of carbonyl (C=O) groups excluding carboxylic acids is 1. The molecule has 1 aromatic heterocycles. The van der Waals surface area contributed by atoms with Crippen molar-refractivity contribution in [3.63, 3.8) is 0 Å². The van der Waals surface area contributed by atoms with Gasteiger partial charge in [0.2, 0.25) is 5.91 Å². The Kier molecular flexibility index (Phi) is 7.09. The largest absolute Gasteiger partial charge is 0.379 e. The number of anilines is 1. The molecule has 6 nitrogen and oxygen atoms in total. The van der Waals surface area contributed by atoms with Gasteiger partial charge in [0, 0.05) is 54.6 Å². The van der Waals surface area contributed by atoms with Crippen LogP contribution in [-0.2, 0) is 16.0 Å². The van der Waals surface area contributed by atoms with Crippen molar-refractivity contribution in [3.8, 4) is 11.3 Å². The lowest BCUT2D eigenvalue weighted by molar-refractivity contribution is -0.121. The highest BCUT2D eigenvalue weighted by atomic mass is 16.5. The van der Waals surface area contributed by atoms with Crippen molar-refractivity contribution in [2.45, 2.75) is 39.2 Å². The van der Waals surface area contributed by atoms with Crippen LogP contribution in [0.4, 0.5) is 5.69 Å². The molecule has 6 heteroatoms. The number of likely N-dealkylation sites (tertiary alicyclic amines) is 1. The molecule has 3 aliphatic rings. The first-order valence-corrected chi connectivity index (χ1v) is 12.7. The van der Waals surface area contributed by atoms with Gasteiger partial charge in [-0.1, -0.05) is 23.8 Å². The van der Waals surface area contributed by atoms with E-state index in [4.69, 9.17) is 9.72 Å². The summed E-state index contributed by atoms with van der Waals surface area (Å²) in [6.45, 7) is 11.1. The number of pyridine rings is 1. The molecule has 0 atom stereocenters. The average Bonchev–Trinajstić information content (AvgIpc) is 3.28. The molecule has 1 aromatic carbocycles. The van der Waals surface area contributed by atoms with Crippen LogP contribution in [0.1, 0.15) is 37.8 Å². The van der Waals surface area contributed by atoms with E-state index in [-0.39, 0.29) is 11.8 Å². The van der Waals surface area contributed by atoms with Crippen molar-refractivity contribution in [2.75, 3.05) is 51.3 Å². The predicted octanol–water partition coefficient (Wildman–Crippen LogP) is 4.08. The highest BCUT2D eigenvalue weighted by Crippen LogP contribution is 2.33. The van der Waals surface area contributed by atoms with E-state index in [0.29, 0.717) is 6.04 Å². The summed E-state index contributed by atoms with van der Waals surface area (Å²) in [5.74, 6) is 0.245. The second kappa shape index (κ2) is 10.4. The molecule has 180 valence electrons. The third-order valence-corrected chi connectivity index (χ3v) is 7.43. The molecular weight excluding hydrogens is 424 g/mol. The zero-order valence-corrected chi connectivity index (χ0v) is 20.4. The number of aromatic nitrogens is 1. The Hall–Kier alpha value is -2.54. The first-order valence-electron chi connectivity index (χ1n) is 12.7. The summed E-state index contributed by atoms with van der Waals surface area (Å²) in [6, 6.07) is 10.9. The van der Waals surface area contributed by atoms with Gasteiger partial charge in [-0.25, -0.2) is 0 Å². The minimum absolute atomic E-state index is 0.101. The van der Waals surface area contributed by atoms with Crippen LogP contribution in [0, 0.1) is 5.92 Å². The maximum Gasteiger partial charge on any atom is 0.227 e. The van der Waals surface area contributed by atoms with Gasteiger partial charge < -0.3 is 15.0 Å². The molecule has 5 rings (SSSR count). The van der Waals surface area contributed by atoms with Gasteiger partial charge in [0.1, 0.15) is 0 Å². The summed E-state index contributed by atoms with van der Waals surface area (Å²) in [6.07, 6.45) is 7.10. The number of hydrogen-bond acceptors (Lipinski definition) is 5. The van der Waals surface area contributed by atoms with Gasteiger partial charge in [0.05, 0.1) is 18.9 Å². The Morgan fingerprint density at radius 1 is 1.09 bits per heavy atom. The van der Waals surface area contributed by atoms with Crippen molar-refractivity contribution >= 4 is 17.7 Å². The minimum Gasteiger partial charge on any atom is -0.379 e. The van der Waals surface area contributed by atoms with E-state index in [1.54, 1.807) is 0 Å². The second-order valence-corrected chi connectivity index (χ2v) is 10.1. The lowest BCUT2D eigenvalue weighted by Crippen LogP contribution is -2.41. The van der Waals surface area contributed by atoms with Crippen LogP contribution in [0.15, 0.2) is 42.1 Å². The summed E-state index contributed by atoms with van der Waals surface area (Å²) in [4.78, 5) is 22.4. The Morgan fingerprint density at radius 2 is 1.82 bits per heavy atom. The fourth-order valence-electron chi connectivity index (χ4n) is 5.34. The Balaban J connectivity index is 1.23. The second-order valence-electron chi connectivity index (χ2n) is 10.1. The normalized spacial score (nSPS) is 19.8. The first-order chi connectivity index (χ1) is 16.6. The number of rotatable bonds is 6. The van der Waals surface area contributed by atoms with Gasteiger partial charge in [-0.3, -0.25) is 14.7 Å². The van der Waals surface area contributed by atoms with Gasteiger partial charge in [-0.05, 0) is 70.0 Å². The zero-order valence-electron chi connectivity index (χ0n) is 20.4. The number of benzene rings is 1. The minimum atomic E-state index is 0.101. The van der Waals surface area contributed by atoms with Crippen LogP contribution in [0.2, 0.25) is 0 Å².